The van der Waals surface area contributed by atoms with Crippen LogP contribution in [-0.4, -0.2) is 26.2 Å². The van der Waals surface area contributed by atoms with Gasteiger partial charge in [-0.2, -0.15) is 0 Å². The summed E-state index contributed by atoms with van der Waals surface area (Å²) in [6, 6.07) is 19.1. The van der Waals surface area contributed by atoms with Gasteiger partial charge in [0.1, 0.15) is 5.71 Å². The van der Waals surface area contributed by atoms with Crippen LogP contribution in [0.15, 0.2) is 90.6 Å². The molecule has 0 amide bonds. The molecule has 0 aliphatic carbocycles. The molecular formula is C22H16N4O4. The summed E-state index contributed by atoms with van der Waals surface area (Å²) < 4.78 is 1.80. The van der Waals surface area contributed by atoms with Gasteiger partial charge in [0.05, 0.1) is 23.4 Å². The van der Waals surface area contributed by atoms with Gasteiger partial charge in [0.25, 0.3) is 5.69 Å². The van der Waals surface area contributed by atoms with Gasteiger partial charge >= 0.3 is 5.97 Å². The standard InChI is InChI=1S/C22H16N4O4/c27-22(19-6-3-7-20(13-19)26(28)29)30-24-21(14-25-11-10-23-15-25)18-9-8-16-4-1-2-5-17(16)12-18/h1-13,15H,14H2/b24-21+. The molecule has 0 N–H and O–H groups in total. The number of aromatic nitrogens is 2. The van der Waals surface area contributed by atoms with E-state index in [0.29, 0.717) is 12.3 Å². The summed E-state index contributed by atoms with van der Waals surface area (Å²) in [5, 5.41) is 17.1. The minimum Gasteiger partial charge on any atom is -0.331 e. The maximum absolute atomic E-state index is 12.4. The second-order valence-electron chi connectivity index (χ2n) is 6.52. The van der Waals surface area contributed by atoms with Crippen LogP contribution in [0, 0.1) is 10.1 Å². The van der Waals surface area contributed by atoms with Crippen LogP contribution in [0.1, 0.15) is 15.9 Å². The van der Waals surface area contributed by atoms with Gasteiger partial charge in [-0.25, -0.2) is 9.78 Å². The molecule has 4 rings (SSSR count). The maximum Gasteiger partial charge on any atom is 0.365 e. The lowest BCUT2D eigenvalue weighted by atomic mass is 10.0. The molecule has 0 radical (unpaired) electrons. The quantitative estimate of drug-likeness (QED) is 0.209. The molecular weight excluding hydrogens is 384 g/mol. The average Bonchev–Trinajstić information content (AvgIpc) is 3.29. The number of carbonyl (C=O) groups is 1. The number of nitro benzene ring substituents is 1. The molecule has 148 valence electrons. The molecule has 3 aromatic carbocycles. The Labute approximate surface area is 171 Å². The van der Waals surface area contributed by atoms with Gasteiger partial charge in [-0.1, -0.05) is 47.6 Å². The van der Waals surface area contributed by atoms with Crippen molar-refractivity contribution < 1.29 is 14.6 Å². The number of nitrogens with zero attached hydrogens (tertiary/aromatic N) is 4. The first kappa shape index (κ1) is 19.0. The van der Waals surface area contributed by atoms with Crippen molar-refractivity contribution in [3.63, 3.8) is 0 Å². The highest BCUT2D eigenvalue weighted by atomic mass is 16.7. The summed E-state index contributed by atoms with van der Waals surface area (Å²) in [7, 11) is 0. The molecule has 0 aliphatic heterocycles. The Balaban J connectivity index is 1.65. The fourth-order valence-electron chi connectivity index (χ4n) is 2.99. The van der Waals surface area contributed by atoms with Gasteiger partial charge < -0.3 is 9.40 Å². The van der Waals surface area contributed by atoms with E-state index in [4.69, 9.17) is 4.84 Å². The molecule has 0 fully saturated rings. The third kappa shape index (κ3) is 4.22. The molecule has 0 spiro atoms. The molecule has 8 heteroatoms. The van der Waals surface area contributed by atoms with E-state index in [1.165, 1.54) is 18.2 Å². The van der Waals surface area contributed by atoms with Crippen molar-refractivity contribution in [3.05, 3.63) is 107 Å². The summed E-state index contributed by atoms with van der Waals surface area (Å²) in [6.07, 6.45) is 5.06. The second kappa shape index (κ2) is 8.36. The van der Waals surface area contributed by atoms with Crippen LogP contribution in [0.3, 0.4) is 0 Å². The maximum atomic E-state index is 12.4. The van der Waals surface area contributed by atoms with Gasteiger partial charge in [0.15, 0.2) is 0 Å². The molecule has 0 saturated heterocycles. The Morgan fingerprint density at radius 1 is 1.03 bits per heavy atom. The fourth-order valence-corrected chi connectivity index (χ4v) is 2.99. The summed E-state index contributed by atoms with van der Waals surface area (Å²) in [5.41, 5.74) is 1.15. The first-order valence-electron chi connectivity index (χ1n) is 9.08. The first-order valence-corrected chi connectivity index (χ1v) is 9.08. The first-order chi connectivity index (χ1) is 14.6. The van der Waals surface area contributed by atoms with E-state index in [1.807, 2.05) is 42.5 Å². The number of fused-ring (bicyclic) bond motifs is 1. The topological polar surface area (TPSA) is 99.6 Å². The Bertz CT molecular complexity index is 1250. The van der Waals surface area contributed by atoms with Crippen LogP contribution in [0.4, 0.5) is 5.69 Å². The van der Waals surface area contributed by atoms with Crippen molar-refractivity contribution in [1.29, 1.82) is 0 Å². The predicted molar refractivity (Wildman–Crippen MR) is 111 cm³/mol. The van der Waals surface area contributed by atoms with E-state index < -0.39 is 10.9 Å². The number of benzene rings is 3. The zero-order valence-electron chi connectivity index (χ0n) is 15.7. The Kier molecular flexibility index (Phi) is 5.29. The Hall–Kier alpha value is -4.33. The highest BCUT2D eigenvalue weighted by Crippen LogP contribution is 2.18. The Morgan fingerprint density at radius 3 is 2.63 bits per heavy atom. The zero-order chi connectivity index (χ0) is 20.9. The van der Waals surface area contributed by atoms with E-state index in [-0.39, 0.29) is 11.3 Å². The number of oxime groups is 1. The van der Waals surface area contributed by atoms with Gasteiger partial charge in [-0.3, -0.25) is 10.1 Å². The molecule has 0 unspecified atom stereocenters. The molecule has 8 nitrogen and oxygen atoms in total. The van der Waals surface area contributed by atoms with E-state index in [0.717, 1.165) is 22.4 Å². The molecule has 30 heavy (non-hydrogen) atoms. The number of hydrogen-bond donors (Lipinski definition) is 0. The SMILES string of the molecule is O=C(O/N=C(\Cn1ccnc1)c1ccc2ccccc2c1)c1cccc([N+](=O)[O-])c1. The number of imidazole rings is 1. The summed E-state index contributed by atoms with van der Waals surface area (Å²) in [5.74, 6) is -0.775. The van der Waals surface area contributed by atoms with Gasteiger partial charge in [0, 0.05) is 30.1 Å². The number of carbonyl (C=O) groups excluding carboxylic acids is 1. The Morgan fingerprint density at radius 2 is 1.87 bits per heavy atom. The van der Waals surface area contributed by atoms with Crippen molar-refractivity contribution in [2.75, 3.05) is 0 Å². The minimum absolute atomic E-state index is 0.0495. The number of rotatable bonds is 6. The minimum atomic E-state index is -0.775. The van der Waals surface area contributed by atoms with Crippen LogP contribution in [0.5, 0.6) is 0 Å². The number of nitro groups is 1. The fraction of sp³-hybridized carbons (Fsp3) is 0.0455. The van der Waals surface area contributed by atoms with Gasteiger partial charge in [-0.15, -0.1) is 0 Å². The lowest BCUT2D eigenvalue weighted by Crippen LogP contribution is -2.13. The molecule has 0 saturated carbocycles. The van der Waals surface area contributed by atoms with Gasteiger partial charge in [-0.05, 0) is 22.9 Å². The van der Waals surface area contributed by atoms with Crippen LogP contribution in [0.25, 0.3) is 10.8 Å². The second-order valence-corrected chi connectivity index (χ2v) is 6.52. The number of non-ortho nitro benzene ring substituents is 1. The third-order valence-corrected chi connectivity index (χ3v) is 4.51. The molecule has 0 bridgehead atoms. The van der Waals surface area contributed by atoms with Crippen molar-refractivity contribution in [3.8, 4) is 0 Å². The summed E-state index contributed by atoms with van der Waals surface area (Å²) >= 11 is 0. The summed E-state index contributed by atoms with van der Waals surface area (Å²) in [4.78, 5) is 31.9. The van der Waals surface area contributed by atoms with E-state index in [9.17, 15) is 14.9 Å². The zero-order valence-corrected chi connectivity index (χ0v) is 15.7. The molecule has 0 atom stereocenters. The summed E-state index contributed by atoms with van der Waals surface area (Å²) in [6.45, 7) is 0.334. The molecule has 1 heterocycles. The monoisotopic (exact) mass is 400 g/mol. The highest BCUT2D eigenvalue weighted by Gasteiger charge is 2.14. The largest absolute Gasteiger partial charge is 0.365 e. The van der Waals surface area contributed by atoms with E-state index in [1.54, 1.807) is 23.3 Å². The predicted octanol–water partition coefficient (Wildman–Crippen LogP) is 4.21. The van der Waals surface area contributed by atoms with Crippen LogP contribution >= 0.6 is 0 Å². The molecule has 0 aliphatic rings. The lowest BCUT2D eigenvalue weighted by Gasteiger charge is -2.09. The van der Waals surface area contributed by atoms with Crippen LogP contribution in [-0.2, 0) is 11.4 Å². The third-order valence-electron chi connectivity index (χ3n) is 4.51. The van der Waals surface area contributed by atoms with Crippen LogP contribution in [0.2, 0.25) is 0 Å². The van der Waals surface area contributed by atoms with Crippen molar-refractivity contribution in [1.82, 2.24) is 9.55 Å². The van der Waals surface area contributed by atoms with Crippen molar-refractivity contribution in [2.24, 2.45) is 5.16 Å². The molecule has 1 aromatic heterocycles. The van der Waals surface area contributed by atoms with E-state index >= 15 is 0 Å². The lowest BCUT2D eigenvalue weighted by molar-refractivity contribution is -0.384. The average molecular weight is 400 g/mol. The molecule has 4 aromatic rings. The van der Waals surface area contributed by atoms with E-state index in [2.05, 4.69) is 10.1 Å². The number of hydrogen-bond acceptors (Lipinski definition) is 6. The smallest absolute Gasteiger partial charge is 0.331 e. The highest BCUT2D eigenvalue weighted by molar-refractivity contribution is 6.03. The van der Waals surface area contributed by atoms with Crippen molar-refractivity contribution >= 4 is 28.1 Å². The normalized spacial score (nSPS) is 11.4. The van der Waals surface area contributed by atoms with Gasteiger partial charge in [0.2, 0.25) is 0 Å². The van der Waals surface area contributed by atoms with Crippen LogP contribution < -0.4 is 0 Å². The van der Waals surface area contributed by atoms with Crippen molar-refractivity contribution in [2.45, 2.75) is 6.54 Å².